The van der Waals surface area contributed by atoms with Crippen LogP contribution in [0.1, 0.15) is 43.7 Å². The molecule has 3 aliphatic rings. The second kappa shape index (κ2) is 6.32. The van der Waals surface area contributed by atoms with Crippen LogP contribution in [0.4, 0.5) is 0 Å². The standard InChI is InChI=1S/C19H28N2O5S/c1-18(2)14-5-6-19(18,16(22)12-14)13-27(24,25)21-9-7-20(8-10-21)17(23)15-4-3-11-26-15/h3-4,11,14,16,22H,5-10,12-13H2,1-2H3. The van der Waals surface area contributed by atoms with Crippen LogP contribution in [0.25, 0.3) is 0 Å². The van der Waals surface area contributed by atoms with E-state index in [9.17, 15) is 18.3 Å². The Morgan fingerprint density at radius 3 is 2.52 bits per heavy atom. The number of aliphatic hydroxyl groups excluding tert-OH is 1. The molecule has 1 N–H and O–H groups in total. The van der Waals surface area contributed by atoms with Gasteiger partial charge in [0.25, 0.3) is 5.91 Å². The van der Waals surface area contributed by atoms with Gasteiger partial charge in [0.15, 0.2) is 5.76 Å². The third-order valence-electron chi connectivity index (χ3n) is 7.48. The van der Waals surface area contributed by atoms with E-state index in [-0.39, 0.29) is 35.9 Å². The average molecular weight is 397 g/mol. The summed E-state index contributed by atoms with van der Waals surface area (Å²) >= 11 is 0. The van der Waals surface area contributed by atoms with Gasteiger partial charge in [0.2, 0.25) is 10.0 Å². The molecule has 2 heterocycles. The molecule has 0 radical (unpaired) electrons. The maximum Gasteiger partial charge on any atom is 0.289 e. The molecule has 3 fully saturated rings. The van der Waals surface area contributed by atoms with Crippen molar-refractivity contribution in [1.82, 2.24) is 9.21 Å². The van der Waals surface area contributed by atoms with Crippen LogP contribution in [0, 0.1) is 16.7 Å². The highest BCUT2D eigenvalue weighted by Crippen LogP contribution is 2.66. The van der Waals surface area contributed by atoms with E-state index in [1.807, 2.05) is 0 Å². The summed E-state index contributed by atoms with van der Waals surface area (Å²) in [5.74, 6) is 0.460. The van der Waals surface area contributed by atoms with E-state index in [4.69, 9.17) is 4.42 Å². The van der Waals surface area contributed by atoms with Crippen LogP contribution in [-0.4, -0.2) is 66.7 Å². The first-order valence-electron chi connectivity index (χ1n) is 9.66. The third kappa shape index (κ3) is 2.84. The maximum atomic E-state index is 13.2. The number of hydrogen-bond donors (Lipinski definition) is 1. The second-order valence-corrected chi connectivity index (χ2v) is 10.8. The van der Waals surface area contributed by atoms with E-state index >= 15 is 0 Å². The molecular weight excluding hydrogens is 368 g/mol. The van der Waals surface area contributed by atoms with Gasteiger partial charge in [-0.2, -0.15) is 4.31 Å². The summed E-state index contributed by atoms with van der Waals surface area (Å²) in [6.45, 7) is 5.48. The Bertz CT molecular complexity index is 811. The molecule has 1 aromatic rings. The van der Waals surface area contributed by atoms with E-state index in [0.717, 1.165) is 12.8 Å². The number of sulfonamides is 1. The molecule has 1 amide bonds. The summed E-state index contributed by atoms with van der Waals surface area (Å²) in [6.07, 6.45) is 3.36. The van der Waals surface area contributed by atoms with Crippen LogP contribution in [0.2, 0.25) is 0 Å². The van der Waals surface area contributed by atoms with Crippen LogP contribution in [0.5, 0.6) is 0 Å². The number of carbonyl (C=O) groups excluding carboxylic acids is 1. The molecule has 2 aliphatic carbocycles. The highest BCUT2D eigenvalue weighted by molar-refractivity contribution is 7.89. The number of carbonyl (C=O) groups is 1. The van der Waals surface area contributed by atoms with Crippen molar-refractivity contribution in [2.24, 2.45) is 16.7 Å². The Hall–Kier alpha value is -1.38. The summed E-state index contributed by atoms with van der Waals surface area (Å²) in [5.41, 5.74) is -0.728. The fourth-order valence-corrected chi connectivity index (χ4v) is 7.78. The number of fused-ring (bicyclic) bond motifs is 2. The minimum atomic E-state index is -3.51. The smallest absolute Gasteiger partial charge is 0.289 e. The van der Waals surface area contributed by atoms with E-state index in [1.54, 1.807) is 17.0 Å². The lowest BCUT2D eigenvalue weighted by atomic mass is 9.70. The fourth-order valence-electron chi connectivity index (χ4n) is 5.52. The normalized spacial score (nSPS) is 33.5. The number of piperazine rings is 1. The van der Waals surface area contributed by atoms with Crippen LogP contribution < -0.4 is 0 Å². The lowest BCUT2D eigenvalue weighted by Gasteiger charge is -2.42. The first-order chi connectivity index (χ1) is 12.7. The molecule has 3 unspecified atom stereocenters. The van der Waals surface area contributed by atoms with Gasteiger partial charge in [0, 0.05) is 31.6 Å². The van der Waals surface area contributed by atoms with Crippen molar-refractivity contribution in [3.8, 4) is 0 Å². The largest absolute Gasteiger partial charge is 0.459 e. The van der Waals surface area contributed by atoms with Crippen molar-refractivity contribution in [2.75, 3.05) is 31.9 Å². The number of hydrogen-bond acceptors (Lipinski definition) is 5. The fraction of sp³-hybridized carbons (Fsp3) is 0.737. The van der Waals surface area contributed by atoms with Crippen molar-refractivity contribution in [2.45, 2.75) is 39.2 Å². The number of rotatable bonds is 4. The first kappa shape index (κ1) is 19.0. The number of nitrogens with zero attached hydrogens (tertiary/aromatic N) is 2. The van der Waals surface area contributed by atoms with Crippen molar-refractivity contribution in [1.29, 1.82) is 0 Å². The molecule has 3 atom stereocenters. The van der Waals surface area contributed by atoms with Crippen molar-refractivity contribution in [3.05, 3.63) is 24.2 Å². The van der Waals surface area contributed by atoms with E-state index in [2.05, 4.69) is 13.8 Å². The lowest BCUT2D eigenvalue weighted by Crippen LogP contribution is -2.54. The number of amides is 1. The van der Waals surface area contributed by atoms with Gasteiger partial charge >= 0.3 is 0 Å². The highest BCUT2D eigenvalue weighted by Gasteiger charge is 2.65. The van der Waals surface area contributed by atoms with Gasteiger partial charge in [0.05, 0.1) is 18.1 Å². The van der Waals surface area contributed by atoms with Crippen LogP contribution in [0.3, 0.4) is 0 Å². The summed E-state index contributed by atoms with van der Waals surface area (Å²) in [5, 5.41) is 10.6. The molecule has 0 spiro atoms. The molecule has 1 saturated heterocycles. The highest BCUT2D eigenvalue weighted by atomic mass is 32.2. The molecule has 7 nitrogen and oxygen atoms in total. The summed E-state index contributed by atoms with van der Waals surface area (Å²) < 4.78 is 32.9. The van der Waals surface area contributed by atoms with Crippen molar-refractivity contribution < 1.29 is 22.7 Å². The van der Waals surface area contributed by atoms with E-state index in [0.29, 0.717) is 25.4 Å². The minimum Gasteiger partial charge on any atom is -0.459 e. The molecule has 0 aromatic carbocycles. The van der Waals surface area contributed by atoms with Crippen LogP contribution >= 0.6 is 0 Å². The molecule has 27 heavy (non-hydrogen) atoms. The summed E-state index contributed by atoms with van der Waals surface area (Å²) in [7, 11) is -3.51. The van der Waals surface area contributed by atoms with E-state index < -0.39 is 21.5 Å². The Kier molecular flexibility index (Phi) is 4.44. The minimum absolute atomic E-state index is 0.00318. The van der Waals surface area contributed by atoms with Crippen molar-refractivity contribution >= 4 is 15.9 Å². The molecule has 1 aliphatic heterocycles. The Labute approximate surface area is 160 Å². The SMILES string of the molecule is CC1(C)C2CCC1(CS(=O)(=O)N1CCN(C(=O)c3ccco3)CC1)C(O)C2. The van der Waals surface area contributed by atoms with Crippen LogP contribution in [-0.2, 0) is 10.0 Å². The predicted molar refractivity (Wildman–Crippen MR) is 99.5 cm³/mol. The molecule has 8 heteroatoms. The number of furan rings is 1. The number of aliphatic hydroxyl groups is 1. The molecule has 2 saturated carbocycles. The van der Waals surface area contributed by atoms with Gasteiger partial charge in [-0.3, -0.25) is 4.79 Å². The average Bonchev–Trinajstić information content (AvgIpc) is 3.28. The van der Waals surface area contributed by atoms with Gasteiger partial charge < -0.3 is 14.4 Å². The van der Waals surface area contributed by atoms with Crippen LogP contribution in [0.15, 0.2) is 22.8 Å². The van der Waals surface area contributed by atoms with Gasteiger partial charge in [-0.15, -0.1) is 0 Å². The molecule has 4 rings (SSSR count). The summed E-state index contributed by atoms with van der Waals surface area (Å²) in [6, 6.07) is 3.28. The Morgan fingerprint density at radius 2 is 2.00 bits per heavy atom. The zero-order chi connectivity index (χ0) is 19.4. The third-order valence-corrected chi connectivity index (χ3v) is 9.51. The first-order valence-corrected chi connectivity index (χ1v) is 11.3. The van der Waals surface area contributed by atoms with Gasteiger partial charge in [-0.1, -0.05) is 13.8 Å². The Balaban J connectivity index is 1.44. The van der Waals surface area contributed by atoms with Crippen molar-refractivity contribution in [3.63, 3.8) is 0 Å². The van der Waals surface area contributed by atoms with Gasteiger partial charge in [-0.05, 0) is 42.7 Å². The van der Waals surface area contributed by atoms with Gasteiger partial charge in [-0.25, -0.2) is 8.42 Å². The Morgan fingerprint density at radius 1 is 1.30 bits per heavy atom. The zero-order valence-corrected chi connectivity index (χ0v) is 16.7. The maximum absolute atomic E-state index is 13.2. The summed E-state index contributed by atoms with van der Waals surface area (Å²) in [4.78, 5) is 14.0. The second-order valence-electron chi connectivity index (χ2n) is 8.79. The molecular formula is C19H28N2O5S. The lowest BCUT2D eigenvalue weighted by molar-refractivity contribution is 0.0142. The zero-order valence-electron chi connectivity index (χ0n) is 15.9. The molecule has 2 bridgehead atoms. The quantitative estimate of drug-likeness (QED) is 0.834. The molecule has 1 aromatic heterocycles. The molecule has 150 valence electrons. The monoisotopic (exact) mass is 396 g/mol. The van der Waals surface area contributed by atoms with Gasteiger partial charge in [0.1, 0.15) is 0 Å². The predicted octanol–water partition coefficient (Wildman–Crippen LogP) is 1.55. The van der Waals surface area contributed by atoms with E-state index in [1.165, 1.54) is 10.6 Å². The topological polar surface area (TPSA) is 91.1 Å².